The third-order valence-corrected chi connectivity index (χ3v) is 4.01. The second-order valence-electron chi connectivity index (χ2n) is 5.89. The van der Waals surface area contributed by atoms with E-state index in [2.05, 4.69) is 20.6 Å². The fourth-order valence-corrected chi connectivity index (χ4v) is 2.46. The highest BCUT2D eigenvalue weighted by molar-refractivity contribution is 6.30. The maximum absolute atomic E-state index is 11.9. The molecule has 0 aliphatic carbocycles. The Morgan fingerprint density at radius 1 is 1.11 bits per heavy atom. The highest BCUT2D eigenvalue weighted by Gasteiger charge is 2.06. The first-order chi connectivity index (χ1) is 13.7. The Kier molecular flexibility index (Phi) is 9.32. The van der Waals surface area contributed by atoms with Crippen LogP contribution in [0.2, 0.25) is 5.02 Å². The zero-order valence-electron chi connectivity index (χ0n) is 15.4. The standard InChI is InChI=1S/C20H22ClN5O2/c21-17-7-5-16(6-8-17)19(27)28-14-4-2-1-3-11-24-20(25-15-22)26-18-9-12-23-13-10-18/h5-10,12-13H,1-4,11,14H2,(H2,23,24,25,26). The average Bonchev–Trinajstić information content (AvgIpc) is 2.71. The molecule has 2 N–H and O–H groups in total. The molecule has 0 fully saturated rings. The number of hydrogen-bond donors (Lipinski definition) is 2. The monoisotopic (exact) mass is 399 g/mol. The number of aromatic nitrogens is 1. The van der Waals surface area contributed by atoms with Crippen LogP contribution in [0.3, 0.4) is 0 Å². The second kappa shape index (κ2) is 12.3. The van der Waals surface area contributed by atoms with Crippen LogP contribution in [0.5, 0.6) is 0 Å². The van der Waals surface area contributed by atoms with E-state index in [0.29, 0.717) is 35.4 Å². The summed E-state index contributed by atoms with van der Waals surface area (Å²) in [6.07, 6.45) is 8.78. The molecule has 0 atom stereocenters. The van der Waals surface area contributed by atoms with Crippen LogP contribution in [-0.4, -0.2) is 30.1 Å². The van der Waals surface area contributed by atoms with Crippen molar-refractivity contribution < 1.29 is 9.53 Å². The molecule has 1 heterocycles. The third kappa shape index (κ3) is 8.06. The smallest absolute Gasteiger partial charge is 0.338 e. The minimum Gasteiger partial charge on any atom is -0.462 e. The third-order valence-electron chi connectivity index (χ3n) is 3.75. The number of halogens is 1. The Morgan fingerprint density at radius 2 is 1.82 bits per heavy atom. The summed E-state index contributed by atoms with van der Waals surface area (Å²) < 4.78 is 5.24. The van der Waals surface area contributed by atoms with E-state index in [9.17, 15) is 4.79 Å². The molecule has 7 nitrogen and oxygen atoms in total. The molecule has 8 heteroatoms. The number of carbonyl (C=O) groups excluding carboxylic acids is 1. The average molecular weight is 400 g/mol. The van der Waals surface area contributed by atoms with Gasteiger partial charge in [-0.25, -0.2) is 9.79 Å². The molecule has 1 aromatic heterocycles. The van der Waals surface area contributed by atoms with Gasteiger partial charge in [-0.1, -0.05) is 18.0 Å². The lowest BCUT2D eigenvalue weighted by molar-refractivity contribution is 0.0497. The lowest BCUT2D eigenvalue weighted by Gasteiger charge is -2.08. The predicted molar refractivity (Wildman–Crippen MR) is 108 cm³/mol. The molecule has 146 valence electrons. The van der Waals surface area contributed by atoms with Crippen molar-refractivity contribution >= 4 is 29.2 Å². The molecule has 1 aromatic carbocycles. The van der Waals surface area contributed by atoms with E-state index in [4.69, 9.17) is 21.6 Å². The lowest BCUT2D eigenvalue weighted by atomic mass is 10.2. The molecule has 0 saturated carbocycles. The Balaban J connectivity index is 1.58. The van der Waals surface area contributed by atoms with Gasteiger partial charge < -0.3 is 10.1 Å². The number of nitrogens with one attached hydrogen (secondary N) is 2. The summed E-state index contributed by atoms with van der Waals surface area (Å²) >= 11 is 5.79. The number of guanidine groups is 1. The van der Waals surface area contributed by atoms with Gasteiger partial charge in [0.1, 0.15) is 0 Å². The number of ether oxygens (including phenoxy) is 1. The Bertz CT molecular complexity index is 804. The quantitative estimate of drug-likeness (QED) is 0.166. The van der Waals surface area contributed by atoms with Gasteiger partial charge in [-0.2, -0.15) is 5.26 Å². The minimum absolute atomic E-state index is 0.335. The molecule has 0 radical (unpaired) electrons. The summed E-state index contributed by atoms with van der Waals surface area (Å²) in [6.45, 7) is 1.07. The molecule has 0 spiro atoms. The Hall–Kier alpha value is -3.11. The molecule has 0 aliphatic rings. The lowest BCUT2D eigenvalue weighted by Crippen LogP contribution is -2.34. The van der Waals surface area contributed by atoms with Crippen molar-refractivity contribution in [2.75, 3.05) is 13.2 Å². The first-order valence-electron chi connectivity index (χ1n) is 8.99. The highest BCUT2D eigenvalue weighted by Crippen LogP contribution is 2.11. The maximum atomic E-state index is 11.9. The van der Waals surface area contributed by atoms with Gasteiger partial charge in [0.15, 0.2) is 6.19 Å². The van der Waals surface area contributed by atoms with Crippen molar-refractivity contribution in [1.29, 1.82) is 5.26 Å². The number of esters is 1. The number of nitriles is 1. The fraction of sp³-hybridized carbons (Fsp3) is 0.300. The van der Waals surface area contributed by atoms with Crippen molar-refractivity contribution in [3.63, 3.8) is 0 Å². The van der Waals surface area contributed by atoms with Crippen molar-refractivity contribution in [3.8, 4) is 6.19 Å². The van der Waals surface area contributed by atoms with Crippen LogP contribution in [0.1, 0.15) is 36.0 Å². The van der Waals surface area contributed by atoms with E-state index in [1.165, 1.54) is 0 Å². The van der Waals surface area contributed by atoms with Gasteiger partial charge in [0.25, 0.3) is 0 Å². The topological polar surface area (TPSA) is 99.4 Å². The minimum atomic E-state index is -0.335. The van der Waals surface area contributed by atoms with Gasteiger partial charge in [-0.05, 0) is 55.7 Å². The van der Waals surface area contributed by atoms with E-state index in [1.807, 2.05) is 6.19 Å². The molecule has 2 rings (SSSR count). The molecule has 0 bridgehead atoms. The van der Waals surface area contributed by atoms with Gasteiger partial charge in [0.05, 0.1) is 17.9 Å². The number of pyridine rings is 1. The molecule has 0 unspecified atom stereocenters. The number of nitrogens with zero attached hydrogens (tertiary/aromatic N) is 3. The molecule has 0 saturated heterocycles. The van der Waals surface area contributed by atoms with E-state index >= 15 is 0 Å². The van der Waals surface area contributed by atoms with Gasteiger partial charge in [-0.3, -0.25) is 10.3 Å². The molecular formula is C20H22ClN5O2. The van der Waals surface area contributed by atoms with Gasteiger partial charge in [0.2, 0.25) is 5.96 Å². The van der Waals surface area contributed by atoms with Crippen LogP contribution in [-0.2, 0) is 4.74 Å². The normalized spacial score (nSPS) is 10.8. The van der Waals surface area contributed by atoms with Crippen molar-refractivity contribution in [3.05, 3.63) is 59.4 Å². The molecule has 0 aliphatic heterocycles. The summed E-state index contributed by atoms with van der Waals surface area (Å²) in [5.41, 5.74) is 1.21. The van der Waals surface area contributed by atoms with Crippen molar-refractivity contribution in [1.82, 2.24) is 15.6 Å². The highest BCUT2D eigenvalue weighted by atomic mass is 35.5. The molecule has 0 amide bonds. The summed E-state index contributed by atoms with van der Waals surface area (Å²) in [7, 11) is 0. The molecular weight excluding hydrogens is 378 g/mol. The Morgan fingerprint density at radius 3 is 2.54 bits per heavy atom. The number of hydrogen-bond acceptors (Lipinski definition) is 5. The van der Waals surface area contributed by atoms with Crippen LogP contribution >= 0.6 is 11.6 Å². The number of benzene rings is 1. The van der Waals surface area contributed by atoms with Gasteiger partial charge in [0, 0.05) is 24.0 Å². The SMILES string of the molecule is N#CNC(=Nc1ccncc1)NCCCCCCOC(=O)c1ccc(Cl)cc1. The van der Waals surface area contributed by atoms with Gasteiger partial charge >= 0.3 is 5.97 Å². The van der Waals surface area contributed by atoms with Gasteiger partial charge in [-0.15, -0.1) is 0 Å². The van der Waals surface area contributed by atoms with E-state index < -0.39 is 0 Å². The molecule has 28 heavy (non-hydrogen) atoms. The van der Waals surface area contributed by atoms with Crippen LogP contribution < -0.4 is 10.6 Å². The van der Waals surface area contributed by atoms with Crippen LogP contribution in [0, 0.1) is 11.5 Å². The first-order valence-corrected chi connectivity index (χ1v) is 9.37. The summed E-state index contributed by atoms with van der Waals surface area (Å²) in [5.74, 6) is 0.0727. The summed E-state index contributed by atoms with van der Waals surface area (Å²) in [4.78, 5) is 20.1. The maximum Gasteiger partial charge on any atom is 0.338 e. The van der Waals surface area contributed by atoms with Crippen LogP contribution in [0.25, 0.3) is 0 Å². The summed E-state index contributed by atoms with van der Waals surface area (Å²) in [5, 5.41) is 15.0. The predicted octanol–water partition coefficient (Wildman–Crippen LogP) is 3.80. The van der Waals surface area contributed by atoms with E-state index in [0.717, 1.165) is 25.7 Å². The fourth-order valence-electron chi connectivity index (χ4n) is 2.33. The van der Waals surface area contributed by atoms with Crippen molar-refractivity contribution in [2.45, 2.75) is 25.7 Å². The second-order valence-corrected chi connectivity index (χ2v) is 6.32. The number of unbranched alkanes of at least 4 members (excludes halogenated alkanes) is 3. The number of rotatable bonds is 9. The zero-order valence-corrected chi connectivity index (χ0v) is 16.2. The number of aliphatic imine (C=N–C) groups is 1. The largest absolute Gasteiger partial charge is 0.462 e. The van der Waals surface area contributed by atoms with Crippen molar-refractivity contribution in [2.24, 2.45) is 4.99 Å². The zero-order chi connectivity index (χ0) is 20.0. The Labute approximate surface area is 169 Å². The number of carbonyl (C=O) groups is 1. The van der Waals surface area contributed by atoms with E-state index in [1.54, 1.807) is 48.8 Å². The summed E-state index contributed by atoms with van der Waals surface area (Å²) in [6, 6.07) is 10.1. The van der Waals surface area contributed by atoms with Crippen LogP contribution in [0.15, 0.2) is 53.8 Å². The van der Waals surface area contributed by atoms with E-state index in [-0.39, 0.29) is 5.97 Å². The van der Waals surface area contributed by atoms with Crippen LogP contribution in [0.4, 0.5) is 5.69 Å². The first kappa shape index (κ1) is 21.2. The molecule has 2 aromatic rings.